The number of phenols is 1. The molecule has 0 unspecified atom stereocenters. The Hall–Kier alpha value is -2.62. The van der Waals surface area contributed by atoms with Crippen LogP contribution in [0.25, 0.3) is 0 Å². The summed E-state index contributed by atoms with van der Waals surface area (Å²) in [4.78, 5) is 4.21. The summed E-state index contributed by atoms with van der Waals surface area (Å²) in [5.74, 6) is 0.214. The minimum absolute atomic E-state index is 0.0602. The summed E-state index contributed by atoms with van der Waals surface area (Å²) in [6, 6.07) is 21.3. The predicted molar refractivity (Wildman–Crippen MR) is 106 cm³/mol. The van der Waals surface area contributed by atoms with Gasteiger partial charge in [0.15, 0.2) is 0 Å². The van der Waals surface area contributed by atoms with E-state index >= 15 is 0 Å². The number of aromatic hydroxyl groups is 1. The molecule has 0 aliphatic carbocycles. The van der Waals surface area contributed by atoms with E-state index in [4.69, 9.17) is 11.6 Å². The highest BCUT2D eigenvalue weighted by Crippen LogP contribution is 2.35. The predicted octanol–water partition coefficient (Wildman–Crippen LogP) is 5.24. The number of pyridine rings is 1. The Morgan fingerprint density at radius 1 is 1.04 bits per heavy atom. The quantitative estimate of drug-likeness (QED) is 0.445. The lowest BCUT2D eigenvalue weighted by Crippen LogP contribution is -2.26. The number of hydrogen-bond acceptors (Lipinski definition) is 3. The van der Waals surface area contributed by atoms with E-state index in [2.05, 4.69) is 29.0 Å². The smallest absolute Gasteiger partial charge is 0.132 e. The molecule has 0 saturated heterocycles. The van der Waals surface area contributed by atoms with Crippen LogP contribution in [0, 0.1) is 0 Å². The molecule has 0 fully saturated rings. The molecule has 0 bridgehead atoms. The lowest BCUT2D eigenvalue weighted by molar-refractivity contribution is 0.449. The van der Waals surface area contributed by atoms with Gasteiger partial charge in [-0.1, -0.05) is 72.3 Å². The summed E-state index contributed by atoms with van der Waals surface area (Å²) in [7, 11) is 0. The zero-order valence-electron chi connectivity index (χ0n) is 14.3. The zero-order chi connectivity index (χ0) is 18.4. The minimum Gasteiger partial charge on any atom is -0.508 e. The molecule has 3 aromatic rings. The van der Waals surface area contributed by atoms with Gasteiger partial charge in [-0.25, -0.2) is 4.98 Å². The summed E-state index contributed by atoms with van der Waals surface area (Å²) < 4.78 is 0. The highest BCUT2D eigenvalue weighted by molar-refractivity contribution is 6.30. The van der Waals surface area contributed by atoms with Crippen LogP contribution < -0.4 is 5.32 Å². The van der Waals surface area contributed by atoms with Gasteiger partial charge in [0.1, 0.15) is 10.9 Å². The molecule has 0 radical (unpaired) electrons. The lowest BCUT2D eigenvalue weighted by atomic mass is 9.87. The number of benzene rings is 2. The second-order valence-corrected chi connectivity index (χ2v) is 6.40. The second-order valence-electron chi connectivity index (χ2n) is 6.04. The van der Waals surface area contributed by atoms with E-state index in [1.54, 1.807) is 12.3 Å². The van der Waals surface area contributed by atoms with Crippen LogP contribution in [0.3, 0.4) is 0 Å². The first-order valence-corrected chi connectivity index (χ1v) is 8.86. The van der Waals surface area contributed by atoms with Gasteiger partial charge < -0.3 is 10.4 Å². The maximum atomic E-state index is 10.1. The van der Waals surface area contributed by atoms with Gasteiger partial charge in [-0.3, -0.25) is 0 Å². The number of para-hydroxylation sites is 1. The first-order valence-electron chi connectivity index (χ1n) is 8.49. The zero-order valence-corrected chi connectivity index (χ0v) is 15.1. The van der Waals surface area contributed by atoms with Crippen LogP contribution in [0.5, 0.6) is 5.75 Å². The van der Waals surface area contributed by atoms with E-state index in [1.807, 2.05) is 54.6 Å². The maximum Gasteiger partial charge on any atom is 0.132 e. The normalized spacial score (nSPS) is 13.1. The Kier molecular flexibility index (Phi) is 6.05. The summed E-state index contributed by atoms with van der Waals surface area (Å²) in [5, 5.41) is 14.1. The SMILES string of the molecule is C=C[C@H](c1cccnc1Cl)[C@H](NCc1ccccc1O)c1ccccc1. The summed E-state index contributed by atoms with van der Waals surface area (Å²) >= 11 is 6.35. The van der Waals surface area contributed by atoms with Crippen LogP contribution >= 0.6 is 11.6 Å². The van der Waals surface area contributed by atoms with Crippen LogP contribution in [0.15, 0.2) is 85.6 Å². The molecule has 2 atom stereocenters. The number of hydrogen-bond donors (Lipinski definition) is 2. The molecule has 0 aliphatic rings. The Morgan fingerprint density at radius 2 is 1.77 bits per heavy atom. The largest absolute Gasteiger partial charge is 0.508 e. The maximum absolute atomic E-state index is 10.1. The fourth-order valence-electron chi connectivity index (χ4n) is 3.08. The second kappa shape index (κ2) is 8.65. The van der Waals surface area contributed by atoms with E-state index < -0.39 is 0 Å². The first-order chi connectivity index (χ1) is 12.7. The van der Waals surface area contributed by atoms with Gasteiger partial charge in [-0.15, -0.1) is 6.58 Å². The third-order valence-corrected chi connectivity index (χ3v) is 4.74. The third-order valence-electron chi connectivity index (χ3n) is 4.42. The van der Waals surface area contributed by atoms with Crippen molar-refractivity contribution in [2.75, 3.05) is 0 Å². The summed E-state index contributed by atoms with van der Waals surface area (Å²) in [6.07, 6.45) is 3.57. The van der Waals surface area contributed by atoms with Gasteiger partial charge in [-0.2, -0.15) is 0 Å². The number of rotatable bonds is 7. The van der Waals surface area contributed by atoms with Crippen molar-refractivity contribution < 1.29 is 5.11 Å². The van der Waals surface area contributed by atoms with E-state index in [0.29, 0.717) is 11.7 Å². The summed E-state index contributed by atoms with van der Waals surface area (Å²) in [5.41, 5.74) is 2.88. The molecule has 2 aromatic carbocycles. The highest BCUT2D eigenvalue weighted by atomic mass is 35.5. The summed E-state index contributed by atoms with van der Waals surface area (Å²) in [6.45, 7) is 4.54. The molecule has 132 valence electrons. The molecule has 26 heavy (non-hydrogen) atoms. The van der Waals surface area contributed by atoms with Gasteiger partial charge in [0.05, 0.1) is 0 Å². The van der Waals surface area contributed by atoms with Gasteiger partial charge in [0.2, 0.25) is 0 Å². The van der Waals surface area contributed by atoms with Crippen LogP contribution in [0.1, 0.15) is 28.7 Å². The highest BCUT2D eigenvalue weighted by Gasteiger charge is 2.24. The number of halogens is 1. The van der Waals surface area contributed by atoms with Gasteiger partial charge in [0, 0.05) is 30.3 Å². The van der Waals surface area contributed by atoms with Gasteiger partial charge in [-0.05, 0) is 23.3 Å². The molecule has 1 aromatic heterocycles. The Labute approximate surface area is 159 Å². The van der Waals surface area contributed by atoms with E-state index in [-0.39, 0.29) is 17.7 Å². The van der Waals surface area contributed by atoms with E-state index in [1.165, 1.54) is 0 Å². The Balaban J connectivity index is 1.94. The number of nitrogens with one attached hydrogen (secondary N) is 1. The molecule has 0 saturated carbocycles. The average Bonchev–Trinajstić information content (AvgIpc) is 2.68. The van der Waals surface area contributed by atoms with Crippen LogP contribution in [-0.4, -0.2) is 10.1 Å². The van der Waals surface area contributed by atoms with Gasteiger partial charge in [0.25, 0.3) is 0 Å². The molecular formula is C22H21ClN2O. The van der Waals surface area contributed by atoms with Crippen molar-refractivity contribution in [1.82, 2.24) is 10.3 Å². The van der Waals surface area contributed by atoms with Gasteiger partial charge >= 0.3 is 0 Å². The Bertz CT molecular complexity index is 867. The fraction of sp³-hybridized carbons (Fsp3) is 0.136. The van der Waals surface area contributed by atoms with E-state index in [9.17, 15) is 5.11 Å². The van der Waals surface area contributed by atoms with Crippen LogP contribution in [-0.2, 0) is 6.54 Å². The standard InChI is InChI=1S/C22H21ClN2O/c1-2-18(19-12-8-14-24-22(19)23)21(16-9-4-3-5-10-16)25-15-17-11-6-7-13-20(17)26/h2-14,18,21,25-26H,1,15H2/t18-,21-/m1/s1. The third kappa shape index (κ3) is 4.13. The van der Waals surface area contributed by atoms with Crippen molar-refractivity contribution >= 4 is 11.6 Å². The molecule has 3 nitrogen and oxygen atoms in total. The van der Waals surface area contributed by atoms with E-state index in [0.717, 1.165) is 16.7 Å². The van der Waals surface area contributed by atoms with Crippen LogP contribution in [0.4, 0.5) is 0 Å². The molecule has 2 N–H and O–H groups in total. The number of phenolic OH excluding ortho intramolecular Hbond substituents is 1. The lowest BCUT2D eigenvalue weighted by Gasteiger charge is -2.27. The molecule has 4 heteroatoms. The first kappa shape index (κ1) is 18.2. The van der Waals surface area contributed by atoms with Crippen molar-refractivity contribution in [2.24, 2.45) is 0 Å². The van der Waals surface area contributed by atoms with Crippen molar-refractivity contribution in [1.29, 1.82) is 0 Å². The van der Waals surface area contributed by atoms with Crippen molar-refractivity contribution in [2.45, 2.75) is 18.5 Å². The van der Waals surface area contributed by atoms with Crippen molar-refractivity contribution in [3.8, 4) is 5.75 Å². The molecule has 0 aliphatic heterocycles. The number of aromatic nitrogens is 1. The molecule has 0 amide bonds. The topological polar surface area (TPSA) is 45.2 Å². The van der Waals surface area contributed by atoms with Crippen LogP contribution in [0.2, 0.25) is 5.15 Å². The minimum atomic E-state index is -0.0653. The Morgan fingerprint density at radius 3 is 2.46 bits per heavy atom. The number of nitrogens with zero attached hydrogens (tertiary/aromatic N) is 1. The van der Waals surface area contributed by atoms with Crippen molar-refractivity contribution in [3.63, 3.8) is 0 Å². The fourth-order valence-corrected chi connectivity index (χ4v) is 3.33. The van der Waals surface area contributed by atoms with Crippen molar-refractivity contribution in [3.05, 3.63) is 107 Å². The monoisotopic (exact) mass is 364 g/mol. The molecular weight excluding hydrogens is 344 g/mol. The average molecular weight is 365 g/mol. The molecule has 1 heterocycles. The molecule has 0 spiro atoms. The molecule has 3 rings (SSSR count).